The fourth-order valence-corrected chi connectivity index (χ4v) is 3.52. The SMILES string of the molecule is Cc1cnn(-c2ccc(NC(=O)Cc3ccccc3Cl)cc2S(N)(=O)=O)c1. The van der Waals surface area contributed by atoms with Crippen LogP contribution in [0, 0.1) is 6.92 Å². The van der Waals surface area contributed by atoms with Gasteiger partial charge in [-0.3, -0.25) is 4.79 Å². The van der Waals surface area contributed by atoms with Gasteiger partial charge in [0, 0.05) is 16.9 Å². The van der Waals surface area contributed by atoms with Crippen LogP contribution < -0.4 is 10.5 Å². The molecule has 1 aromatic heterocycles. The molecule has 3 rings (SSSR count). The molecule has 0 fully saturated rings. The van der Waals surface area contributed by atoms with Gasteiger partial charge in [-0.1, -0.05) is 29.8 Å². The van der Waals surface area contributed by atoms with E-state index in [1.807, 2.05) is 6.92 Å². The minimum atomic E-state index is -4.03. The van der Waals surface area contributed by atoms with Gasteiger partial charge in [0.05, 0.1) is 18.3 Å². The van der Waals surface area contributed by atoms with Gasteiger partial charge in [0.15, 0.2) is 0 Å². The van der Waals surface area contributed by atoms with Crippen LogP contribution in [0.2, 0.25) is 5.02 Å². The second kappa shape index (κ2) is 7.51. The van der Waals surface area contributed by atoms with Crippen molar-refractivity contribution in [3.05, 3.63) is 71.0 Å². The molecule has 140 valence electrons. The molecule has 0 aliphatic heterocycles. The standard InChI is InChI=1S/C18H17ClN4O3S/c1-12-10-21-23(11-12)16-7-6-14(9-17(16)27(20,25)26)22-18(24)8-13-4-2-3-5-15(13)19/h2-7,9-11H,8H2,1H3,(H,22,24)(H2,20,25,26). The average Bonchev–Trinajstić information content (AvgIpc) is 3.02. The van der Waals surface area contributed by atoms with Gasteiger partial charge in [-0.25, -0.2) is 18.2 Å². The summed E-state index contributed by atoms with van der Waals surface area (Å²) < 4.78 is 25.4. The molecule has 0 bridgehead atoms. The van der Waals surface area contributed by atoms with Crippen molar-refractivity contribution in [2.24, 2.45) is 5.14 Å². The molecule has 27 heavy (non-hydrogen) atoms. The summed E-state index contributed by atoms with van der Waals surface area (Å²) in [6, 6.07) is 11.5. The molecule has 0 unspecified atom stereocenters. The number of hydrogen-bond acceptors (Lipinski definition) is 4. The van der Waals surface area contributed by atoms with Crippen molar-refractivity contribution < 1.29 is 13.2 Å². The number of nitrogens with zero attached hydrogens (tertiary/aromatic N) is 2. The molecule has 0 aliphatic carbocycles. The van der Waals surface area contributed by atoms with Crippen LogP contribution in [-0.4, -0.2) is 24.1 Å². The van der Waals surface area contributed by atoms with E-state index in [-0.39, 0.29) is 17.2 Å². The zero-order chi connectivity index (χ0) is 19.6. The lowest BCUT2D eigenvalue weighted by molar-refractivity contribution is -0.115. The van der Waals surface area contributed by atoms with Gasteiger partial charge in [-0.2, -0.15) is 5.10 Å². The Morgan fingerprint density at radius 3 is 2.63 bits per heavy atom. The van der Waals surface area contributed by atoms with Crippen molar-refractivity contribution in [2.45, 2.75) is 18.2 Å². The van der Waals surface area contributed by atoms with Gasteiger partial charge >= 0.3 is 0 Å². The Morgan fingerprint density at radius 2 is 2.00 bits per heavy atom. The summed E-state index contributed by atoms with van der Waals surface area (Å²) in [6.07, 6.45) is 3.34. The van der Waals surface area contributed by atoms with E-state index in [0.29, 0.717) is 22.0 Å². The van der Waals surface area contributed by atoms with Crippen LogP contribution in [0.15, 0.2) is 59.8 Å². The third kappa shape index (κ3) is 4.54. The van der Waals surface area contributed by atoms with Crippen molar-refractivity contribution in [1.29, 1.82) is 0 Å². The number of aromatic nitrogens is 2. The Labute approximate surface area is 161 Å². The van der Waals surface area contributed by atoms with Crippen molar-refractivity contribution in [3.8, 4) is 5.69 Å². The number of primary sulfonamides is 1. The van der Waals surface area contributed by atoms with Gasteiger partial charge in [0.25, 0.3) is 0 Å². The zero-order valence-electron chi connectivity index (χ0n) is 14.4. The number of halogens is 1. The lowest BCUT2D eigenvalue weighted by atomic mass is 10.1. The third-order valence-corrected chi connectivity index (χ3v) is 5.13. The maximum Gasteiger partial charge on any atom is 0.240 e. The monoisotopic (exact) mass is 404 g/mol. The molecule has 0 radical (unpaired) electrons. The molecular formula is C18H17ClN4O3S. The van der Waals surface area contributed by atoms with E-state index in [9.17, 15) is 13.2 Å². The van der Waals surface area contributed by atoms with E-state index < -0.39 is 10.0 Å². The number of anilines is 1. The van der Waals surface area contributed by atoms with Crippen LogP contribution in [0.4, 0.5) is 5.69 Å². The predicted octanol–water partition coefficient (Wildman–Crippen LogP) is 2.66. The molecule has 7 nitrogen and oxygen atoms in total. The Morgan fingerprint density at radius 1 is 1.26 bits per heavy atom. The maximum atomic E-state index is 12.3. The largest absolute Gasteiger partial charge is 0.326 e. The van der Waals surface area contributed by atoms with Crippen LogP contribution in [0.1, 0.15) is 11.1 Å². The summed E-state index contributed by atoms with van der Waals surface area (Å²) in [5, 5.41) is 12.6. The van der Waals surface area contributed by atoms with E-state index in [0.717, 1.165) is 5.56 Å². The summed E-state index contributed by atoms with van der Waals surface area (Å²) in [5.74, 6) is -0.328. The summed E-state index contributed by atoms with van der Waals surface area (Å²) in [5.41, 5.74) is 2.15. The highest BCUT2D eigenvalue weighted by atomic mass is 35.5. The fraction of sp³-hybridized carbons (Fsp3) is 0.111. The van der Waals surface area contributed by atoms with Gasteiger partial charge in [-0.05, 0) is 42.3 Å². The lowest BCUT2D eigenvalue weighted by Gasteiger charge is -2.12. The molecule has 0 spiro atoms. The maximum absolute atomic E-state index is 12.3. The first-order chi connectivity index (χ1) is 12.7. The number of hydrogen-bond donors (Lipinski definition) is 2. The first kappa shape index (κ1) is 19.1. The van der Waals surface area contributed by atoms with E-state index in [2.05, 4.69) is 10.4 Å². The highest BCUT2D eigenvalue weighted by Gasteiger charge is 2.18. The number of sulfonamides is 1. The first-order valence-corrected chi connectivity index (χ1v) is 9.88. The van der Waals surface area contributed by atoms with Gasteiger partial charge < -0.3 is 5.32 Å². The molecular weight excluding hydrogens is 388 g/mol. The van der Waals surface area contributed by atoms with E-state index >= 15 is 0 Å². The number of carbonyl (C=O) groups is 1. The molecule has 0 atom stereocenters. The van der Waals surface area contributed by atoms with E-state index in [1.165, 1.54) is 16.8 Å². The van der Waals surface area contributed by atoms with Crippen LogP contribution in [0.25, 0.3) is 5.69 Å². The van der Waals surface area contributed by atoms with Gasteiger partial charge in [0.1, 0.15) is 4.90 Å². The zero-order valence-corrected chi connectivity index (χ0v) is 16.0. The predicted molar refractivity (Wildman–Crippen MR) is 103 cm³/mol. The Balaban J connectivity index is 1.89. The number of aryl methyl sites for hydroxylation is 1. The molecule has 0 saturated carbocycles. The molecule has 3 aromatic rings. The van der Waals surface area contributed by atoms with Crippen LogP contribution in [-0.2, 0) is 21.2 Å². The number of benzene rings is 2. The second-order valence-corrected chi connectivity index (χ2v) is 7.94. The first-order valence-electron chi connectivity index (χ1n) is 7.96. The van der Waals surface area contributed by atoms with Crippen LogP contribution in [0.5, 0.6) is 0 Å². The van der Waals surface area contributed by atoms with Crippen molar-refractivity contribution >= 4 is 33.2 Å². The smallest absolute Gasteiger partial charge is 0.240 e. The summed E-state index contributed by atoms with van der Waals surface area (Å²) in [7, 11) is -4.03. The van der Waals surface area contributed by atoms with E-state index in [4.69, 9.17) is 16.7 Å². The van der Waals surface area contributed by atoms with Gasteiger partial charge in [-0.15, -0.1) is 0 Å². The second-order valence-electron chi connectivity index (χ2n) is 6.01. The topological polar surface area (TPSA) is 107 Å². The number of nitrogens with two attached hydrogens (primary N) is 1. The molecule has 2 aromatic carbocycles. The Kier molecular flexibility index (Phi) is 5.31. The summed E-state index contributed by atoms with van der Waals surface area (Å²) >= 11 is 6.06. The van der Waals surface area contributed by atoms with Crippen molar-refractivity contribution in [3.63, 3.8) is 0 Å². The highest BCUT2D eigenvalue weighted by Crippen LogP contribution is 2.24. The summed E-state index contributed by atoms with van der Waals surface area (Å²) in [4.78, 5) is 12.1. The average molecular weight is 405 g/mol. The highest BCUT2D eigenvalue weighted by molar-refractivity contribution is 7.89. The molecule has 9 heteroatoms. The van der Waals surface area contributed by atoms with E-state index in [1.54, 1.807) is 42.7 Å². The van der Waals surface area contributed by atoms with Crippen LogP contribution in [0.3, 0.4) is 0 Å². The molecule has 1 amide bonds. The molecule has 3 N–H and O–H groups in total. The Hall–Kier alpha value is -2.68. The normalized spacial score (nSPS) is 11.4. The molecule has 0 aliphatic rings. The van der Waals surface area contributed by atoms with Crippen molar-refractivity contribution in [1.82, 2.24) is 9.78 Å². The minimum absolute atomic E-state index is 0.0600. The number of nitrogens with one attached hydrogen (secondary N) is 1. The molecule has 1 heterocycles. The fourth-order valence-electron chi connectivity index (χ4n) is 2.57. The third-order valence-electron chi connectivity index (χ3n) is 3.82. The summed E-state index contributed by atoms with van der Waals surface area (Å²) in [6.45, 7) is 1.84. The number of amides is 1. The minimum Gasteiger partial charge on any atom is -0.326 e. The molecule has 0 saturated heterocycles. The lowest BCUT2D eigenvalue weighted by Crippen LogP contribution is -2.18. The quantitative estimate of drug-likeness (QED) is 0.681. The van der Waals surface area contributed by atoms with Crippen molar-refractivity contribution in [2.75, 3.05) is 5.32 Å². The Bertz CT molecular complexity index is 1110. The van der Waals surface area contributed by atoms with Crippen LogP contribution >= 0.6 is 11.6 Å². The number of carbonyl (C=O) groups excluding carboxylic acids is 1. The number of rotatable bonds is 5. The van der Waals surface area contributed by atoms with Gasteiger partial charge in [0.2, 0.25) is 15.9 Å².